The molecule has 25 heavy (non-hydrogen) atoms. The van der Waals surface area contributed by atoms with Gasteiger partial charge in [0.2, 0.25) is 5.91 Å². The summed E-state index contributed by atoms with van der Waals surface area (Å²) >= 11 is 0. The van der Waals surface area contributed by atoms with Gasteiger partial charge in [0.1, 0.15) is 5.82 Å². The third-order valence-corrected chi connectivity index (χ3v) is 6.06. The van der Waals surface area contributed by atoms with Crippen LogP contribution < -0.4 is 0 Å². The van der Waals surface area contributed by atoms with Crippen molar-refractivity contribution >= 4 is 5.91 Å². The van der Waals surface area contributed by atoms with Crippen molar-refractivity contribution in [3.8, 4) is 0 Å². The summed E-state index contributed by atoms with van der Waals surface area (Å²) in [6.07, 6.45) is 14.7. The monoisotopic (exact) mass is 340 g/mol. The Balaban J connectivity index is 1.36. The molecule has 1 saturated carbocycles. The van der Waals surface area contributed by atoms with Crippen LogP contribution >= 0.6 is 0 Å². The van der Waals surface area contributed by atoms with Gasteiger partial charge in [0, 0.05) is 49.8 Å². The Hall–Kier alpha value is -2.04. The van der Waals surface area contributed by atoms with E-state index >= 15 is 0 Å². The molecule has 0 radical (unpaired) electrons. The van der Waals surface area contributed by atoms with E-state index in [0.717, 1.165) is 57.4 Å². The van der Waals surface area contributed by atoms with E-state index in [1.165, 1.54) is 0 Å². The molecule has 1 saturated heterocycles. The van der Waals surface area contributed by atoms with Gasteiger partial charge in [-0.3, -0.25) is 4.79 Å². The smallest absolute Gasteiger partial charge is 0.225 e. The minimum Gasteiger partial charge on any atom is -0.351 e. The van der Waals surface area contributed by atoms with Crippen LogP contribution in [0.15, 0.2) is 36.9 Å². The number of aromatic nitrogens is 3. The summed E-state index contributed by atoms with van der Waals surface area (Å²) in [6, 6.07) is 5.13. The van der Waals surface area contributed by atoms with Gasteiger partial charge in [0.15, 0.2) is 0 Å². The van der Waals surface area contributed by atoms with E-state index in [1.807, 2.05) is 13.1 Å². The molecule has 2 fully saturated rings. The lowest BCUT2D eigenvalue weighted by Crippen LogP contribution is -2.44. The second kappa shape index (κ2) is 7.06. The average molecular weight is 340 g/mol. The van der Waals surface area contributed by atoms with E-state index in [0.29, 0.717) is 18.0 Å². The number of nitrogens with zero attached hydrogens (tertiary/aromatic N) is 4. The molecule has 1 atom stereocenters. The number of carbonyl (C=O) groups excluding carboxylic acids is 1. The fraction of sp³-hybridized carbons (Fsp3) is 0.600. The predicted molar refractivity (Wildman–Crippen MR) is 97.2 cm³/mol. The minimum absolute atomic E-state index is 0.217. The van der Waals surface area contributed by atoms with Crippen molar-refractivity contribution in [3.05, 3.63) is 42.7 Å². The topological polar surface area (TPSA) is 43.1 Å². The number of aryl methyl sites for hydroxylation is 1. The van der Waals surface area contributed by atoms with Gasteiger partial charge in [-0.25, -0.2) is 4.98 Å². The molecular formula is C20H28N4O. The quantitative estimate of drug-likeness (QED) is 0.857. The van der Waals surface area contributed by atoms with Crippen molar-refractivity contribution in [1.82, 2.24) is 19.0 Å². The van der Waals surface area contributed by atoms with Gasteiger partial charge in [-0.2, -0.15) is 0 Å². The van der Waals surface area contributed by atoms with Crippen molar-refractivity contribution in [3.63, 3.8) is 0 Å². The van der Waals surface area contributed by atoms with Crippen LogP contribution in [0.4, 0.5) is 0 Å². The molecule has 2 aliphatic rings. The lowest BCUT2D eigenvalue weighted by Gasteiger charge is -2.37. The zero-order chi connectivity index (χ0) is 17.2. The van der Waals surface area contributed by atoms with Crippen molar-refractivity contribution in [1.29, 1.82) is 0 Å². The van der Waals surface area contributed by atoms with Gasteiger partial charge in [-0.05, 0) is 57.6 Å². The van der Waals surface area contributed by atoms with Crippen LogP contribution in [-0.2, 0) is 4.79 Å². The third kappa shape index (κ3) is 3.37. The zero-order valence-electron chi connectivity index (χ0n) is 15.1. The van der Waals surface area contributed by atoms with Crippen LogP contribution in [0, 0.1) is 12.8 Å². The number of amides is 1. The first-order valence-electron chi connectivity index (χ1n) is 9.63. The number of piperidine rings is 1. The standard InChI is InChI=1S/C20H28N4O/c1-16-21-10-14-24(16)19-5-4-13-23(15-19)20(25)17-6-8-18(9-7-17)22-11-2-3-12-22/h2-3,10-12,14,17-19H,4-9,13,15H2,1H3/t17?,18?,19-/m0/s1. The van der Waals surface area contributed by atoms with Gasteiger partial charge in [0.25, 0.3) is 0 Å². The molecule has 1 aliphatic heterocycles. The number of rotatable bonds is 3. The van der Waals surface area contributed by atoms with Gasteiger partial charge in [0.05, 0.1) is 6.04 Å². The number of imidazole rings is 1. The number of hydrogen-bond acceptors (Lipinski definition) is 2. The molecular weight excluding hydrogens is 312 g/mol. The number of likely N-dealkylation sites (tertiary alicyclic amines) is 1. The van der Waals surface area contributed by atoms with E-state index in [9.17, 15) is 4.79 Å². The van der Waals surface area contributed by atoms with Crippen molar-refractivity contribution < 1.29 is 4.79 Å². The Kier molecular flexibility index (Phi) is 4.64. The van der Waals surface area contributed by atoms with Crippen molar-refractivity contribution in [2.75, 3.05) is 13.1 Å². The van der Waals surface area contributed by atoms with E-state index in [4.69, 9.17) is 0 Å². The highest BCUT2D eigenvalue weighted by atomic mass is 16.2. The Morgan fingerprint density at radius 3 is 2.48 bits per heavy atom. The highest BCUT2D eigenvalue weighted by Crippen LogP contribution is 2.34. The largest absolute Gasteiger partial charge is 0.351 e. The molecule has 0 N–H and O–H groups in total. The van der Waals surface area contributed by atoms with Crippen LogP contribution in [0.2, 0.25) is 0 Å². The van der Waals surface area contributed by atoms with E-state index < -0.39 is 0 Å². The number of carbonyl (C=O) groups is 1. The summed E-state index contributed by atoms with van der Waals surface area (Å²) in [4.78, 5) is 19.5. The Morgan fingerprint density at radius 2 is 1.80 bits per heavy atom. The third-order valence-electron chi connectivity index (χ3n) is 6.06. The summed E-state index contributed by atoms with van der Waals surface area (Å²) in [7, 11) is 0. The first-order valence-corrected chi connectivity index (χ1v) is 9.63. The fourth-order valence-electron chi connectivity index (χ4n) is 4.63. The summed E-state index contributed by atoms with van der Waals surface area (Å²) in [5.41, 5.74) is 0. The SMILES string of the molecule is Cc1nccn1[C@H]1CCCN(C(=O)C2CCC(n3cccc3)CC2)C1. The van der Waals surface area contributed by atoms with Crippen LogP contribution in [0.5, 0.6) is 0 Å². The molecule has 0 bridgehead atoms. The predicted octanol–water partition coefficient (Wildman–Crippen LogP) is 3.59. The normalized spacial score (nSPS) is 27.4. The first kappa shape index (κ1) is 16.4. The highest BCUT2D eigenvalue weighted by molar-refractivity contribution is 5.79. The fourth-order valence-corrected chi connectivity index (χ4v) is 4.63. The Labute approximate surface area is 149 Å². The second-order valence-electron chi connectivity index (χ2n) is 7.60. The molecule has 0 aromatic carbocycles. The molecule has 3 heterocycles. The lowest BCUT2D eigenvalue weighted by molar-refractivity contribution is -0.138. The zero-order valence-corrected chi connectivity index (χ0v) is 15.1. The maximum atomic E-state index is 13.0. The van der Waals surface area contributed by atoms with E-state index in [2.05, 4.69) is 49.7 Å². The molecule has 4 rings (SSSR count). The van der Waals surface area contributed by atoms with Crippen LogP contribution in [-0.4, -0.2) is 38.0 Å². The lowest BCUT2D eigenvalue weighted by atomic mass is 9.84. The summed E-state index contributed by atoms with van der Waals surface area (Å²) < 4.78 is 4.54. The Bertz CT molecular complexity index is 697. The molecule has 0 spiro atoms. The second-order valence-corrected chi connectivity index (χ2v) is 7.60. The van der Waals surface area contributed by atoms with Gasteiger partial charge in [-0.1, -0.05) is 0 Å². The maximum absolute atomic E-state index is 13.0. The molecule has 1 aliphatic carbocycles. The Morgan fingerprint density at radius 1 is 1.04 bits per heavy atom. The minimum atomic E-state index is 0.217. The molecule has 5 nitrogen and oxygen atoms in total. The highest BCUT2D eigenvalue weighted by Gasteiger charge is 2.32. The molecule has 2 aromatic rings. The average Bonchev–Trinajstić information content (AvgIpc) is 3.33. The van der Waals surface area contributed by atoms with Crippen molar-refractivity contribution in [2.24, 2.45) is 5.92 Å². The van der Waals surface area contributed by atoms with Crippen LogP contribution in [0.1, 0.15) is 56.4 Å². The molecule has 2 aromatic heterocycles. The van der Waals surface area contributed by atoms with Gasteiger partial charge in [-0.15, -0.1) is 0 Å². The first-order chi connectivity index (χ1) is 12.2. The summed E-state index contributed by atoms with van der Waals surface area (Å²) in [5.74, 6) is 1.65. The van der Waals surface area contributed by atoms with Crippen LogP contribution in [0.25, 0.3) is 0 Å². The van der Waals surface area contributed by atoms with Gasteiger partial charge < -0.3 is 14.0 Å². The molecule has 134 valence electrons. The molecule has 5 heteroatoms. The summed E-state index contributed by atoms with van der Waals surface area (Å²) in [5, 5.41) is 0. The molecule has 0 unspecified atom stereocenters. The van der Waals surface area contributed by atoms with E-state index in [-0.39, 0.29) is 5.92 Å². The van der Waals surface area contributed by atoms with E-state index in [1.54, 1.807) is 0 Å². The number of hydrogen-bond donors (Lipinski definition) is 0. The van der Waals surface area contributed by atoms with Crippen LogP contribution in [0.3, 0.4) is 0 Å². The maximum Gasteiger partial charge on any atom is 0.225 e. The van der Waals surface area contributed by atoms with Gasteiger partial charge >= 0.3 is 0 Å². The summed E-state index contributed by atoms with van der Waals surface area (Å²) in [6.45, 7) is 3.80. The van der Waals surface area contributed by atoms with Crippen molar-refractivity contribution in [2.45, 2.75) is 57.5 Å². The molecule has 1 amide bonds.